The summed E-state index contributed by atoms with van der Waals surface area (Å²) >= 11 is 0. The number of nitrogens with zero attached hydrogens (tertiary/aromatic N) is 8. The fourth-order valence-electron chi connectivity index (χ4n) is 4.14. The smallest absolute Gasteiger partial charge is 0.274 e. The average Bonchev–Trinajstić information content (AvgIpc) is 3.47. The quantitative estimate of drug-likeness (QED) is 0.780. The summed E-state index contributed by atoms with van der Waals surface area (Å²) in [6.45, 7) is 6.89. The Hall–Kier alpha value is -2.55. The lowest BCUT2D eigenvalue weighted by atomic mass is 10.2. The van der Waals surface area contributed by atoms with Gasteiger partial charge in [-0.1, -0.05) is 0 Å². The van der Waals surface area contributed by atoms with Crippen molar-refractivity contribution in [1.29, 1.82) is 0 Å². The van der Waals surface area contributed by atoms with Crippen molar-refractivity contribution in [2.45, 2.75) is 38.3 Å². The molecule has 1 saturated carbocycles. The van der Waals surface area contributed by atoms with E-state index in [1.54, 1.807) is 12.4 Å². The van der Waals surface area contributed by atoms with Gasteiger partial charge in [0.05, 0.1) is 25.0 Å². The Morgan fingerprint density at radius 1 is 1.11 bits per heavy atom. The van der Waals surface area contributed by atoms with E-state index in [0.717, 1.165) is 50.2 Å². The number of aromatic nitrogens is 5. The van der Waals surface area contributed by atoms with Crippen LogP contribution in [-0.2, 0) is 6.54 Å². The molecule has 4 heterocycles. The first-order valence-electron chi connectivity index (χ1n) is 10.1. The molecule has 1 saturated heterocycles. The van der Waals surface area contributed by atoms with Crippen LogP contribution in [0.4, 0.5) is 5.82 Å². The highest BCUT2D eigenvalue weighted by Gasteiger charge is 2.35. The molecule has 2 aromatic rings. The number of carbonyl (C=O) groups excluding carboxylic acids is 1. The zero-order chi connectivity index (χ0) is 19.3. The van der Waals surface area contributed by atoms with Crippen LogP contribution < -0.4 is 4.90 Å². The zero-order valence-electron chi connectivity index (χ0n) is 16.5. The Bertz CT molecular complexity index is 884. The van der Waals surface area contributed by atoms with Gasteiger partial charge in [0.25, 0.3) is 5.91 Å². The molecule has 28 heavy (non-hydrogen) atoms. The van der Waals surface area contributed by atoms with Gasteiger partial charge in [-0.05, 0) is 26.8 Å². The van der Waals surface area contributed by atoms with E-state index in [1.807, 2.05) is 4.90 Å². The van der Waals surface area contributed by atoms with E-state index >= 15 is 0 Å². The predicted molar refractivity (Wildman–Crippen MR) is 103 cm³/mol. The lowest BCUT2D eigenvalue weighted by Crippen LogP contribution is -2.47. The van der Waals surface area contributed by atoms with Crippen molar-refractivity contribution in [3.63, 3.8) is 0 Å². The van der Waals surface area contributed by atoms with Crippen LogP contribution in [0.3, 0.4) is 0 Å². The minimum Gasteiger partial charge on any atom is -0.346 e. The fourth-order valence-corrected chi connectivity index (χ4v) is 4.14. The molecule has 0 aromatic carbocycles. The van der Waals surface area contributed by atoms with Crippen LogP contribution in [0.1, 0.15) is 53.9 Å². The molecule has 0 spiro atoms. The summed E-state index contributed by atoms with van der Waals surface area (Å²) < 4.78 is 2.29. The standard InChI is InChI=1S/C19H26N8O/c1-13-11-26(12-17-22-23-18(27(13)17)14-3-4-14)16-10-20-9-15(21-16)19(28)25-7-5-24(2)6-8-25/h9-10,13-14H,3-8,11-12H2,1-2H3/t13-/m0/s1. The van der Waals surface area contributed by atoms with Crippen LogP contribution in [0, 0.1) is 0 Å². The van der Waals surface area contributed by atoms with Crippen molar-refractivity contribution in [2.24, 2.45) is 0 Å². The Kier molecular flexibility index (Phi) is 4.26. The highest BCUT2D eigenvalue weighted by atomic mass is 16.2. The van der Waals surface area contributed by atoms with E-state index in [9.17, 15) is 4.79 Å². The molecule has 1 aliphatic carbocycles. The second-order valence-corrected chi connectivity index (χ2v) is 8.21. The summed E-state index contributed by atoms with van der Waals surface area (Å²) in [7, 11) is 2.08. The summed E-state index contributed by atoms with van der Waals surface area (Å²) in [5.41, 5.74) is 0.417. The molecule has 5 rings (SSSR count). The molecule has 0 N–H and O–H groups in total. The number of hydrogen-bond acceptors (Lipinski definition) is 7. The first kappa shape index (κ1) is 17.5. The molecule has 1 atom stereocenters. The molecule has 2 fully saturated rings. The molecule has 2 aliphatic heterocycles. The van der Waals surface area contributed by atoms with Gasteiger partial charge >= 0.3 is 0 Å². The SMILES string of the molecule is C[C@H]1CN(c2cncc(C(=O)N3CCN(C)CC3)n2)Cc2nnc(C3CC3)n21. The molecule has 9 heteroatoms. The number of piperazine rings is 1. The summed E-state index contributed by atoms with van der Waals surface area (Å²) in [6, 6.07) is 0.271. The third kappa shape index (κ3) is 3.13. The Balaban J connectivity index is 1.35. The van der Waals surface area contributed by atoms with Crippen molar-refractivity contribution in [1.82, 2.24) is 34.5 Å². The number of carbonyl (C=O) groups is 1. The first-order chi connectivity index (χ1) is 13.6. The third-order valence-corrected chi connectivity index (χ3v) is 5.95. The van der Waals surface area contributed by atoms with Crippen LogP contribution in [-0.4, -0.2) is 80.2 Å². The van der Waals surface area contributed by atoms with Crippen LogP contribution in [0.25, 0.3) is 0 Å². The van der Waals surface area contributed by atoms with Crippen LogP contribution in [0.2, 0.25) is 0 Å². The molecule has 9 nitrogen and oxygen atoms in total. The van der Waals surface area contributed by atoms with E-state index in [4.69, 9.17) is 0 Å². The predicted octanol–water partition coefficient (Wildman–Crippen LogP) is 0.914. The molecule has 1 amide bonds. The summed E-state index contributed by atoms with van der Waals surface area (Å²) in [4.78, 5) is 28.1. The molecule has 148 valence electrons. The minimum atomic E-state index is -0.0355. The average molecular weight is 382 g/mol. The van der Waals surface area contributed by atoms with Crippen molar-refractivity contribution in [2.75, 3.05) is 44.7 Å². The molecule has 0 bridgehead atoms. The second-order valence-electron chi connectivity index (χ2n) is 8.21. The molecule has 3 aliphatic rings. The van der Waals surface area contributed by atoms with Gasteiger partial charge in [0.1, 0.15) is 17.3 Å². The number of hydrogen-bond donors (Lipinski definition) is 0. The number of fused-ring (bicyclic) bond motifs is 1. The van der Waals surface area contributed by atoms with E-state index in [1.165, 1.54) is 12.8 Å². The van der Waals surface area contributed by atoms with E-state index in [0.29, 0.717) is 18.2 Å². The van der Waals surface area contributed by atoms with Crippen LogP contribution in [0.5, 0.6) is 0 Å². The molecule has 0 unspecified atom stereocenters. The van der Waals surface area contributed by atoms with E-state index in [-0.39, 0.29) is 11.9 Å². The highest BCUT2D eigenvalue weighted by molar-refractivity contribution is 5.92. The Morgan fingerprint density at radius 3 is 2.64 bits per heavy atom. The van der Waals surface area contributed by atoms with E-state index in [2.05, 4.69) is 48.5 Å². The lowest BCUT2D eigenvalue weighted by Gasteiger charge is -2.34. The van der Waals surface area contributed by atoms with Crippen LogP contribution in [0.15, 0.2) is 12.4 Å². The largest absolute Gasteiger partial charge is 0.346 e. The summed E-state index contributed by atoms with van der Waals surface area (Å²) in [5, 5.41) is 8.86. The molecular weight excluding hydrogens is 356 g/mol. The zero-order valence-corrected chi connectivity index (χ0v) is 16.5. The number of amides is 1. The highest BCUT2D eigenvalue weighted by Crippen LogP contribution is 2.41. The maximum absolute atomic E-state index is 12.8. The number of anilines is 1. The normalized spacial score (nSPS) is 23.0. The van der Waals surface area contributed by atoms with Gasteiger partial charge in [-0.3, -0.25) is 9.78 Å². The lowest BCUT2D eigenvalue weighted by molar-refractivity contribution is 0.0658. The van der Waals surface area contributed by atoms with Crippen molar-refractivity contribution in [3.05, 3.63) is 29.7 Å². The van der Waals surface area contributed by atoms with Crippen molar-refractivity contribution in [3.8, 4) is 0 Å². The van der Waals surface area contributed by atoms with Crippen LogP contribution >= 0.6 is 0 Å². The molecule has 2 aromatic heterocycles. The van der Waals surface area contributed by atoms with Gasteiger partial charge < -0.3 is 19.3 Å². The number of likely N-dealkylation sites (N-methyl/N-ethyl adjacent to an activating group) is 1. The topological polar surface area (TPSA) is 83.3 Å². The van der Waals surface area contributed by atoms with Gasteiger partial charge in [0, 0.05) is 38.6 Å². The molecule has 0 radical (unpaired) electrons. The fraction of sp³-hybridized carbons (Fsp3) is 0.632. The van der Waals surface area contributed by atoms with Crippen molar-refractivity contribution < 1.29 is 4.79 Å². The monoisotopic (exact) mass is 382 g/mol. The maximum atomic E-state index is 12.8. The van der Waals surface area contributed by atoms with Gasteiger partial charge in [-0.25, -0.2) is 4.98 Å². The Morgan fingerprint density at radius 2 is 1.89 bits per heavy atom. The summed E-state index contributed by atoms with van der Waals surface area (Å²) in [5.74, 6) is 3.38. The Labute approximate surface area is 164 Å². The second kappa shape index (κ2) is 6.80. The first-order valence-corrected chi connectivity index (χ1v) is 10.1. The minimum absolute atomic E-state index is 0.0355. The van der Waals surface area contributed by atoms with Gasteiger partial charge in [0.2, 0.25) is 0 Å². The number of rotatable bonds is 3. The van der Waals surface area contributed by atoms with E-state index < -0.39 is 0 Å². The maximum Gasteiger partial charge on any atom is 0.274 e. The molecular formula is C19H26N8O. The third-order valence-electron chi connectivity index (χ3n) is 5.95. The van der Waals surface area contributed by atoms with Gasteiger partial charge in [-0.2, -0.15) is 0 Å². The van der Waals surface area contributed by atoms with Crippen molar-refractivity contribution >= 4 is 11.7 Å². The van der Waals surface area contributed by atoms with Gasteiger partial charge in [-0.15, -0.1) is 10.2 Å². The van der Waals surface area contributed by atoms with Gasteiger partial charge in [0.15, 0.2) is 5.82 Å². The summed E-state index contributed by atoms with van der Waals surface area (Å²) in [6.07, 6.45) is 5.75.